The molecule has 1 aromatic heterocycles. The number of carbonyl (C=O) groups is 2. The third kappa shape index (κ3) is 3.86. The van der Waals surface area contributed by atoms with Crippen LogP contribution in [0.3, 0.4) is 0 Å². The summed E-state index contributed by atoms with van der Waals surface area (Å²) in [6.45, 7) is 0. The van der Waals surface area contributed by atoms with E-state index in [-0.39, 0.29) is 5.75 Å². The topological polar surface area (TPSA) is 105 Å². The molecule has 0 spiro atoms. The maximum Gasteiger partial charge on any atom is 0.316 e. The number of thioether (sulfide) groups is 1. The molecule has 0 saturated carbocycles. The van der Waals surface area contributed by atoms with Crippen molar-refractivity contribution in [1.29, 1.82) is 0 Å². The van der Waals surface area contributed by atoms with Gasteiger partial charge in [0.15, 0.2) is 0 Å². The third-order valence-electron chi connectivity index (χ3n) is 1.36. The van der Waals surface area contributed by atoms with Crippen LogP contribution in [0.15, 0.2) is 23.4 Å². The molecule has 80 valence electrons. The number of carboxylic acid groups (broad SMARTS) is 1. The lowest BCUT2D eigenvalue weighted by Crippen LogP contribution is -2.20. The zero-order valence-corrected chi connectivity index (χ0v) is 8.45. The number of carboxylic acids is 1. The van der Waals surface area contributed by atoms with Crippen LogP contribution in [0.4, 0.5) is 10.5 Å². The summed E-state index contributed by atoms with van der Waals surface area (Å²) in [5.74, 6) is -1.07. The van der Waals surface area contributed by atoms with Crippen molar-refractivity contribution in [1.82, 2.24) is 4.98 Å². The fraction of sp³-hybridized carbons (Fsp3) is 0.125. The smallest absolute Gasteiger partial charge is 0.316 e. The molecule has 0 aliphatic rings. The highest BCUT2D eigenvalue weighted by Gasteiger charge is 2.07. The molecule has 0 radical (unpaired) electrons. The number of nitrogens with one attached hydrogen (secondary N) is 1. The van der Waals surface area contributed by atoms with E-state index >= 15 is 0 Å². The Kier molecular flexibility index (Phi) is 3.92. The molecule has 0 unspecified atom stereocenters. The number of hydrogen-bond donors (Lipinski definition) is 3. The summed E-state index contributed by atoms with van der Waals surface area (Å²) < 4.78 is 0. The SMILES string of the molecule is NC(=O)Nc1cccnc1SCC(=O)O. The minimum Gasteiger partial charge on any atom is -0.481 e. The van der Waals surface area contributed by atoms with Crippen molar-refractivity contribution in [3.63, 3.8) is 0 Å². The number of nitrogens with zero attached hydrogens (tertiary/aromatic N) is 1. The Hall–Kier alpha value is -1.76. The van der Waals surface area contributed by atoms with Gasteiger partial charge in [-0.3, -0.25) is 4.79 Å². The van der Waals surface area contributed by atoms with Gasteiger partial charge in [0, 0.05) is 6.20 Å². The number of hydrogen-bond acceptors (Lipinski definition) is 4. The average molecular weight is 227 g/mol. The highest BCUT2D eigenvalue weighted by atomic mass is 32.2. The van der Waals surface area contributed by atoms with Crippen LogP contribution in [-0.2, 0) is 4.79 Å². The summed E-state index contributed by atoms with van der Waals surface area (Å²) in [6.07, 6.45) is 1.51. The van der Waals surface area contributed by atoms with Gasteiger partial charge in [-0.25, -0.2) is 9.78 Å². The van der Waals surface area contributed by atoms with Crippen LogP contribution in [0.25, 0.3) is 0 Å². The van der Waals surface area contributed by atoms with Crippen LogP contribution in [-0.4, -0.2) is 27.8 Å². The Morgan fingerprint density at radius 3 is 2.93 bits per heavy atom. The van der Waals surface area contributed by atoms with Crippen LogP contribution >= 0.6 is 11.8 Å². The molecule has 6 nitrogen and oxygen atoms in total. The number of pyridine rings is 1. The number of rotatable bonds is 4. The van der Waals surface area contributed by atoms with Gasteiger partial charge in [0.2, 0.25) is 0 Å². The molecule has 0 fully saturated rings. The first-order chi connectivity index (χ1) is 7.09. The molecule has 4 N–H and O–H groups in total. The lowest BCUT2D eigenvalue weighted by Gasteiger charge is -2.06. The number of carbonyl (C=O) groups excluding carboxylic acids is 1. The Labute approximate surface area is 89.9 Å². The average Bonchev–Trinajstić information content (AvgIpc) is 2.15. The van der Waals surface area contributed by atoms with Crippen molar-refractivity contribution in [2.24, 2.45) is 5.73 Å². The maximum absolute atomic E-state index is 10.6. The minimum atomic E-state index is -0.948. The first-order valence-corrected chi connectivity index (χ1v) is 4.94. The normalized spacial score (nSPS) is 9.60. The largest absolute Gasteiger partial charge is 0.481 e. The molecular weight excluding hydrogens is 218 g/mol. The van der Waals surface area contributed by atoms with E-state index in [2.05, 4.69) is 10.3 Å². The fourth-order valence-corrected chi connectivity index (χ4v) is 1.53. The molecule has 0 aliphatic heterocycles. The van der Waals surface area contributed by atoms with Crippen LogP contribution in [0.1, 0.15) is 0 Å². The van der Waals surface area contributed by atoms with Gasteiger partial charge >= 0.3 is 12.0 Å². The molecule has 1 heterocycles. The molecule has 0 bridgehead atoms. The fourth-order valence-electron chi connectivity index (χ4n) is 0.864. The monoisotopic (exact) mass is 227 g/mol. The first-order valence-electron chi connectivity index (χ1n) is 3.95. The van der Waals surface area contributed by atoms with Crippen molar-refractivity contribution in [3.05, 3.63) is 18.3 Å². The highest BCUT2D eigenvalue weighted by molar-refractivity contribution is 8.00. The second-order valence-electron chi connectivity index (χ2n) is 2.53. The number of aromatic nitrogens is 1. The van der Waals surface area contributed by atoms with Crippen molar-refractivity contribution < 1.29 is 14.7 Å². The maximum atomic E-state index is 10.6. The molecule has 15 heavy (non-hydrogen) atoms. The van der Waals surface area contributed by atoms with E-state index < -0.39 is 12.0 Å². The number of nitrogens with two attached hydrogens (primary N) is 1. The Morgan fingerprint density at radius 2 is 2.33 bits per heavy atom. The summed E-state index contributed by atoms with van der Waals surface area (Å²) in [5.41, 5.74) is 5.36. The molecule has 7 heteroatoms. The van der Waals surface area contributed by atoms with E-state index in [0.29, 0.717) is 10.7 Å². The van der Waals surface area contributed by atoms with Gasteiger partial charge in [0.1, 0.15) is 5.03 Å². The lowest BCUT2D eigenvalue weighted by atomic mass is 10.4. The van der Waals surface area contributed by atoms with Crippen molar-refractivity contribution in [3.8, 4) is 0 Å². The van der Waals surface area contributed by atoms with Crippen LogP contribution < -0.4 is 11.1 Å². The summed E-state index contributed by atoms with van der Waals surface area (Å²) in [5, 5.41) is 11.3. The number of urea groups is 1. The van der Waals surface area contributed by atoms with Gasteiger partial charge < -0.3 is 16.2 Å². The van der Waals surface area contributed by atoms with Gasteiger partial charge in [-0.1, -0.05) is 11.8 Å². The van der Waals surface area contributed by atoms with E-state index in [9.17, 15) is 9.59 Å². The Morgan fingerprint density at radius 1 is 1.60 bits per heavy atom. The van der Waals surface area contributed by atoms with Crippen molar-refractivity contribution in [2.45, 2.75) is 5.03 Å². The standard InChI is InChI=1S/C8H9N3O3S/c9-8(14)11-5-2-1-3-10-7(5)15-4-6(12)13/h1-3H,4H2,(H,12,13)(H3,9,11,14). The number of aliphatic carboxylic acids is 1. The van der Waals surface area contributed by atoms with Gasteiger partial charge in [0.25, 0.3) is 0 Å². The van der Waals surface area contributed by atoms with E-state index in [4.69, 9.17) is 10.8 Å². The van der Waals surface area contributed by atoms with Crippen molar-refractivity contribution in [2.75, 3.05) is 11.1 Å². The van der Waals surface area contributed by atoms with Gasteiger partial charge in [-0.05, 0) is 12.1 Å². The van der Waals surface area contributed by atoms with E-state index in [1.165, 1.54) is 6.20 Å². The zero-order valence-electron chi connectivity index (χ0n) is 7.64. The summed E-state index contributed by atoms with van der Waals surface area (Å²) in [7, 11) is 0. The summed E-state index contributed by atoms with van der Waals surface area (Å²) in [4.78, 5) is 24.9. The van der Waals surface area contributed by atoms with Crippen molar-refractivity contribution >= 4 is 29.4 Å². The quantitative estimate of drug-likeness (QED) is 0.658. The highest BCUT2D eigenvalue weighted by Crippen LogP contribution is 2.23. The summed E-state index contributed by atoms with van der Waals surface area (Å²) in [6, 6.07) is 2.51. The molecule has 0 aromatic carbocycles. The van der Waals surface area contributed by atoms with E-state index in [1.807, 2.05) is 0 Å². The minimum absolute atomic E-state index is 0.121. The number of primary amides is 1. The number of anilines is 1. The van der Waals surface area contributed by atoms with Gasteiger partial charge in [0.05, 0.1) is 11.4 Å². The van der Waals surface area contributed by atoms with Crippen LogP contribution in [0.2, 0.25) is 0 Å². The predicted octanol–water partition coefficient (Wildman–Crippen LogP) is 0.749. The summed E-state index contributed by atoms with van der Waals surface area (Å²) >= 11 is 1.02. The second kappa shape index (κ2) is 5.20. The van der Waals surface area contributed by atoms with Gasteiger partial charge in [-0.15, -0.1) is 0 Å². The molecular formula is C8H9N3O3S. The Bertz CT molecular complexity index is 383. The number of amides is 2. The van der Waals surface area contributed by atoms with E-state index in [1.54, 1.807) is 12.1 Å². The lowest BCUT2D eigenvalue weighted by molar-refractivity contribution is -0.133. The van der Waals surface area contributed by atoms with Crippen LogP contribution in [0.5, 0.6) is 0 Å². The molecule has 0 saturated heterocycles. The molecule has 1 aromatic rings. The third-order valence-corrected chi connectivity index (χ3v) is 2.35. The Balaban J connectivity index is 2.76. The second-order valence-corrected chi connectivity index (χ2v) is 3.49. The molecule has 1 rings (SSSR count). The predicted molar refractivity (Wildman–Crippen MR) is 55.8 cm³/mol. The molecule has 0 aliphatic carbocycles. The zero-order chi connectivity index (χ0) is 11.3. The van der Waals surface area contributed by atoms with Gasteiger partial charge in [-0.2, -0.15) is 0 Å². The van der Waals surface area contributed by atoms with E-state index in [0.717, 1.165) is 11.8 Å². The first kappa shape index (κ1) is 11.3. The molecule has 2 amide bonds. The molecule has 0 atom stereocenters. The van der Waals surface area contributed by atoms with Crippen LogP contribution in [0, 0.1) is 0 Å².